The summed E-state index contributed by atoms with van der Waals surface area (Å²) in [6.45, 7) is 3.09. The first-order chi connectivity index (χ1) is 19.7. The molecule has 4 aromatic rings. The number of hydrogen-bond acceptors (Lipinski definition) is 11. The molecule has 5 rings (SSSR count). The lowest BCUT2D eigenvalue weighted by Gasteiger charge is -2.36. The molecule has 1 atom stereocenters. The maximum absolute atomic E-state index is 14.6. The zero-order chi connectivity index (χ0) is 29.1. The Morgan fingerprint density at radius 1 is 1.20 bits per heavy atom. The van der Waals surface area contributed by atoms with Gasteiger partial charge in [0.1, 0.15) is 10.5 Å². The lowest BCUT2D eigenvalue weighted by molar-refractivity contribution is 0.247. The van der Waals surface area contributed by atoms with Crippen molar-refractivity contribution in [2.75, 3.05) is 62.0 Å². The van der Waals surface area contributed by atoms with E-state index in [1.54, 1.807) is 12.1 Å². The van der Waals surface area contributed by atoms with Crippen LogP contribution in [0.4, 0.5) is 26.2 Å². The molecule has 218 valence electrons. The number of aliphatic imine (C=N–C) groups is 1. The molecule has 1 aliphatic rings. The van der Waals surface area contributed by atoms with E-state index in [4.69, 9.17) is 20.6 Å². The molecule has 1 fully saturated rings. The SMILES string of the molecule is C[S@](=O)CCOc1cc(N2CCN(CCn3c(=O)sc4c(/N=C(\N)c5ccco5)nc(N)nc43)CC2)c(F)cc1F. The summed E-state index contributed by atoms with van der Waals surface area (Å²) in [5, 5.41) is 0. The molecule has 0 spiro atoms. The summed E-state index contributed by atoms with van der Waals surface area (Å²) in [7, 11) is -1.08. The molecule has 4 N–H and O–H groups in total. The molecule has 0 bridgehead atoms. The van der Waals surface area contributed by atoms with Crippen molar-refractivity contribution in [3.05, 3.63) is 57.6 Å². The Hall–Kier alpha value is -3.89. The quantitative estimate of drug-likeness (QED) is 0.202. The van der Waals surface area contributed by atoms with E-state index in [1.165, 1.54) is 23.2 Å². The summed E-state index contributed by atoms with van der Waals surface area (Å²) in [5.41, 5.74) is 12.6. The predicted octanol–water partition coefficient (Wildman–Crippen LogP) is 1.92. The van der Waals surface area contributed by atoms with Crippen molar-refractivity contribution in [1.29, 1.82) is 0 Å². The van der Waals surface area contributed by atoms with Gasteiger partial charge < -0.3 is 25.5 Å². The van der Waals surface area contributed by atoms with Crippen molar-refractivity contribution in [2.45, 2.75) is 6.54 Å². The Morgan fingerprint density at radius 3 is 2.68 bits per heavy atom. The summed E-state index contributed by atoms with van der Waals surface area (Å²) in [6, 6.07) is 5.49. The number of fused-ring (bicyclic) bond motifs is 1. The molecule has 1 saturated heterocycles. The fourth-order valence-electron chi connectivity index (χ4n) is 4.41. The van der Waals surface area contributed by atoms with E-state index in [1.807, 2.05) is 4.90 Å². The molecule has 41 heavy (non-hydrogen) atoms. The van der Waals surface area contributed by atoms with E-state index in [-0.39, 0.29) is 46.3 Å². The van der Waals surface area contributed by atoms with Crippen LogP contribution in [0.5, 0.6) is 5.75 Å². The molecule has 1 aromatic carbocycles. The summed E-state index contributed by atoms with van der Waals surface area (Å²) in [6.07, 6.45) is 3.00. The highest BCUT2D eigenvalue weighted by molar-refractivity contribution is 7.84. The number of ether oxygens (including phenoxy) is 1. The molecule has 0 unspecified atom stereocenters. The minimum absolute atomic E-state index is 0.0451. The van der Waals surface area contributed by atoms with Crippen LogP contribution in [0.1, 0.15) is 5.76 Å². The minimum atomic E-state index is -1.08. The van der Waals surface area contributed by atoms with Crippen molar-refractivity contribution < 1.29 is 22.1 Å². The molecule has 0 radical (unpaired) electrons. The maximum Gasteiger partial charge on any atom is 0.309 e. The summed E-state index contributed by atoms with van der Waals surface area (Å²) >= 11 is 0.954. The van der Waals surface area contributed by atoms with Crippen LogP contribution in [0.15, 0.2) is 44.7 Å². The highest BCUT2D eigenvalue weighted by Crippen LogP contribution is 2.30. The van der Waals surface area contributed by atoms with Gasteiger partial charge >= 0.3 is 4.87 Å². The zero-order valence-corrected chi connectivity index (χ0v) is 23.7. The molecule has 4 heterocycles. The topological polar surface area (TPSA) is 158 Å². The van der Waals surface area contributed by atoms with Crippen LogP contribution in [-0.2, 0) is 17.3 Å². The smallest absolute Gasteiger partial charge is 0.309 e. The Balaban J connectivity index is 1.25. The monoisotopic (exact) mass is 606 g/mol. The Kier molecular flexibility index (Phi) is 8.60. The molecule has 12 nitrogen and oxygen atoms in total. The van der Waals surface area contributed by atoms with Gasteiger partial charge in [-0.05, 0) is 12.1 Å². The van der Waals surface area contributed by atoms with E-state index >= 15 is 0 Å². The number of amidine groups is 1. The van der Waals surface area contributed by atoms with E-state index in [0.717, 1.165) is 17.4 Å². The van der Waals surface area contributed by atoms with Crippen LogP contribution in [0.3, 0.4) is 0 Å². The van der Waals surface area contributed by atoms with Gasteiger partial charge in [0.25, 0.3) is 0 Å². The second kappa shape index (κ2) is 12.3. The molecule has 3 aromatic heterocycles. The van der Waals surface area contributed by atoms with Crippen molar-refractivity contribution in [2.24, 2.45) is 10.7 Å². The average molecular weight is 607 g/mol. The van der Waals surface area contributed by atoms with Crippen LogP contribution < -0.4 is 26.0 Å². The molecule has 0 saturated carbocycles. The number of furan rings is 1. The number of halogens is 2. The van der Waals surface area contributed by atoms with Gasteiger partial charge in [0, 0.05) is 68.5 Å². The van der Waals surface area contributed by atoms with Gasteiger partial charge in [0.2, 0.25) is 5.95 Å². The largest absolute Gasteiger partial charge is 0.489 e. The van der Waals surface area contributed by atoms with Gasteiger partial charge in [0.15, 0.2) is 34.6 Å². The number of rotatable bonds is 10. The fourth-order valence-corrected chi connectivity index (χ4v) is 5.62. The van der Waals surface area contributed by atoms with Crippen LogP contribution in [-0.4, -0.2) is 80.8 Å². The van der Waals surface area contributed by atoms with E-state index in [0.29, 0.717) is 55.4 Å². The Labute approximate surface area is 239 Å². The number of piperazine rings is 1. The zero-order valence-electron chi connectivity index (χ0n) is 22.1. The van der Waals surface area contributed by atoms with Gasteiger partial charge in [-0.3, -0.25) is 18.5 Å². The van der Waals surface area contributed by atoms with E-state index < -0.39 is 22.4 Å². The lowest BCUT2D eigenvalue weighted by Crippen LogP contribution is -2.47. The molecular weight excluding hydrogens is 578 g/mol. The van der Waals surface area contributed by atoms with Gasteiger partial charge in [-0.2, -0.15) is 9.97 Å². The van der Waals surface area contributed by atoms with Crippen molar-refractivity contribution in [3.63, 3.8) is 0 Å². The number of anilines is 2. The van der Waals surface area contributed by atoms with Crippen LogP contribution >= 0.6 is 11.3 Å². The third-order valence-corrected chi connectivity index (χ3v) is 8.20. The number of nitrogens with zero attached hydrogens (tertiary/aromatic N) is 6. The molecule has 1 aliphatic heterocycles. The maximum atomic E-state index is 14.6. The number of nitrogen functional groups attached to an aromatic ring is 1. The molecular formula is C25H28F2N8O4S2. The second-order valence-corrected chi connectivity index (χ2v) is 11.8. The van der Waals surface area contributed by atoms with Gasteiger partial charge in [-0.1, -0.05) is 11.3 Å². The van der Waals surface area contributed by atoms with Crippen molar-refractivity contribution >= 4 is 55.8 Å². The molecule has 0 amide bonds. The predicted molar refractivity (Wildman–Crippen MR) is 155 cm³/mol. The van der Waals surface area contributed by atoms with Gasteiger partial charge in [-0.25, -0.2) is 13.8 Å². The Bertz CT molecular complexity index is 1650. The van der Waals surface area contributed by atoms with Gasteiger partial charge in [-0.15, -0.1) is 0 Å². The van der Waals surface area contributed by atoms with Crippen LogP contribution in [0.2, 0.25) is 0 Å². The third-order valence-electron chi connectivity index (χ3n) is 6.50. The van der Waals surface area contributed by atoms with E-state index in [2.05, 4.69) is 19.9 Å². The summed E-state index contributed by atoms with van der Waals surface area (Å²) < 4.78 is 52.7. The minimum Gasteiger partial charge on any atom is -0.489 e. The van der Waals surface area contributed by atoms with Crippen LogP contribution in [0, 0.1) is 11.6 Å². The average Bonchev–Trinajstić information content (AvgIpc) is 3.57. The molecule has 0 aliphatic carbocycles. The highest BCUT2D eigenvalue weighted by Gasteiger charge is 2.23. The first-order valence-corrected chi connectivity index (χ1v) is 15.2. The van der Waals surface area contributed by atoms with E-state index in [9.17, 15) is 17.8 Å². The first-order valence-electron chi connectivity index (χ1n) is 12.6. The van der Waals surface area contributed by atoms with Crippen molar-refractivity contribution in [1.82, 2.24) is 19.4 Å². The number of aromatic nitrogens is 3. The first kappa shape index (κ1) is 28.6. The van der Waals surface area contributed by atoms with Crippen molar-refractivity contribution in [3.8, 4) is 5.75 Å². The normalized spacial score (nSPS) is 15.5. The number of hydrogen-bond donors (Lipinski definition) is 2. The van der Waals surface area contributed by atoms with Crippen LogP contribution in [0.25, 0.3) is 10.3 Å². The number of thiazole rings is 1. The summed E-state index contributed by atoms with van der Waals surface area (Å²) in [5.74, 6) is -0.717. The van der Waals surface area contributed by atoms with Gasteiger partial charge in [0.05, 0.1) is 24.3 Å². The fraction of sp³-hybridized carbons (Fsp3) is 0.360. The lowest BCUT2D eigenvalue weighted by atomic mass is 10.2. The third kappa shape index (κ3) is 6.55. The summed E-state index contributed by atoms with van der Waals surface area (Å²) in [4.78, 5) is 29.4. The number of benzene rings is 1. The molecule has 16 heteroatoms. The standard InChI is InChI=1S/C25H28F2N8O4S2/c1-41(37)12-11-39-19-14-17(15(26)13-16(19)27)34-7-4-33(5-8-34)6-9-35-23-20(40-25(35)36)22(31-24(29)32-23)30-21(28)18-3-2-10-38-18/h2-3,10,13-14H,4-9,11-12H2,1H3,(H4,28,29,30,31,32)/t41-/m0/s1. The second-order valence-electron chi connectivity index (χ2n) is 9.24. The highest BCUT2D eigenvalue weighted by atomic mass is 32.2. The number of nitrogens with two attached hydrogens (primary N) is 2. The Morgan fingerprint density at radius 2 is 1.98 bits per heavy atom.